The quantitative estimate of drug-likeness (QED) is 0.568. The Hall–Kier alpha value is -2.65. The average molecular weight is 411 g/mol. The fraction of sp³-hybridized carbons (Fsp3) is 0.350. The molecule has 1 fully saturated rings. The molecule has 29 heavy (non-hydrogen) atoms. The van der Waals surface area contributed by atoms with E-state index >= 15 is 0 Å². The zero-order valence-corrected chi connectivity index (χ0v) is 15.5. The van der Waals surface area contributed by atoms with Gasteiger partial charge in [0.05, 0.1) is 12.2 Å². The van der Waals surface area contributed by atoms with Crippen molar-refractivity contribution < 1.29 is 27.8 Å². The second-order valence-electron chi connectivity index (χ2n) is 6.80. The van der Waals surface area contributed by atoms with Gasteiger partial charge in [-0.1, -0.05) is 12.5 Å². The van der Waals surface area contributed by atoms with Gasteiger partial charge >= 0.3 is 6.18 Å². The molecule has 0 bridgehead atoms. The van der Waals surface area contributed by atoms with Crippen molar-refractivity contribution >= 4 is 5.65 Å². The maximum atomic E-state index is 12.4. The van der Waals surface area contributed by atoms with Crippen LogP contribution in [0, 0.1) is 5.82 Å². The Kier molecular flexibility index (Phi) is 6.39. The number of aromatic nitrogens is 2. The normalized spacial score (nSPS) is 14.4. The van der Waals surface area contributed by atoms with Crippen LogP contribution in [0.2, 0.25) is 0 Å². The number of phenolic OH excluding ortho intramolecular Hbond substituents is 1. The summed E-state index contributed by atoms with van der Waals surface area (Å²) in [7, 11) is 0. The summed E-state index contributed by atoms with van der Waals surface area (Å²) in [4.78, 5) is 4.36. The van der Waals surface area contributed by atoms with Gasteiger partial charge in [-0.15, -0.1) is 0 Å². The Labute approximate surface area is 164 Å². The van der Waals surface area contributed by atoms with Crippen molar-refractivity contribution in [2.24, 2.45) is 0 Å². The predicted molar refractivity (Wildman–Crippen MR) is 98.7 cm³/mol. The van der Waals surface area contributed by atoms with Gasteiger partial charge in [-0.05, 0) is 37.1 Å². The molecule has 0 atom stereocenters. The lowest BCUT2D eigenvalue weighted by atomic mass is 9.93. The van der Waals surface area contributed by atoms with Gasteiger partial charge in [0.15, 0.2) is 0 Å². The van der Waals surface area contributed by atoms with Crippen molar-refractivity contribution in [2.45, 2.75) is 44.6 Å². The number of pyridine rings is 1. The van der Waals surface area contributed by atoms with Crippen molar-refractivity contribution in [1.82, 2.24) is 14.7 Å². The molecule has 4 rings (SSSR count). The molecule has 9 heteroatoms. The minimum absolute atomic E-state index is 0.0448. The van der Waals surface area contributed by atoms with Crippen molar-refractivity contribution in [3.63, 3.8) is 0 Å². The summed E-state index contributed by atoms with van der Waals surface area (Å²) in [5, 5.41) is 21.4. The smallest absolute Gasteiger partial charge is 0.419 e. The lowest BCUT2D eigenvalue weighted by Gasteiger charge is -2.26. The number of imidazole rings is 1. The molecule has 0 spiro atoms. The fourth-order valence-corrected chi connectivity index (χ4v) is 2.99. The summed E-state index contributed by atoms with van der Waals surface area (Å²) in [5.74, 6) is -2.00. The average Bonchev–Trinajstić information content (AvgIpc) is 3.12. The van der Waals surface area contributed by atoms with Gasteiger partial charge in [0, 0.05) is 36.2 Å². The predicted octanol–water partition coefficient (Wildman–Crippen LogP) is 4.02. The number of alkyl halides is 3. The number of rotatable bonds is 4. The monoisotopic (exact) mass is 411 g/mol. The summed E-state index contributed by atoms with van der Waals surface area (Å²) in [6.07, 6.45) is 2.84. The van der Waals surface area contributed by atoms with E-state index in [4.69, 9.17) is 5.11 Å². The van der Waals surface area contributed by atoms with Gasteiger partial charge in [-0.3, -0.25) is 0 Å². The van der Waals surface area contributed by atoms with E-state index in [-0.39, 0.29) is 6.61 Å². The highest BCUT2D eigenvalue weighted by atomic mass is 19.4. The van der Waals surface area contributed by atoms with E-state index in [0.717, 1.165) is 24.0 Å². The Morgan fingerprint density at radius 3 is 2.52 bits per heavy atom. The number of nitrogens with one attached hydrogen (secondary N) is 1. The standard InChI is InChI=1S/C13H17N3O.C7H4F4O/c17-9-12-5-4-10(8-15-11-2-1-3-11)13-14-6-7-16(12)13;8-6-2-1-4(12)3-5(6)7(9,10)11/h4-7,11,15,17H,1-3,8-9H2;1-3,12H. The fourth-order valence-electron chi connectivity index (χ4n) is 2.99. The van der Waals surface area contributed by atoms with Crippen LogP contribution in [0.1, 0.15) is 36.1 Å². The molecule has 2 aromatic heterocycles. The van der Waals surface area contributed by atoms with Crippen LogP contribution in [0.5, 0.6) is 5.75 Å². The van der Waals surface area contributed by atoms with Crippen LogP contribution in [0.3, 0.4) is 0 Å². The number of halogens is 4. The number of benzene rings is 1. The molecule has 3 N–H and O–H groups in total. The number of hydrogen-bond donors (Lipinski definition) is 3. The molecule has 1 aliphatic carbocycles. The first-order valence-electron chi connectivity index (χ1n) is 9.13. The van der Waals surface area contributed by atoms with E-state index in [1.54, 1.807) is 6.20 Å². The lowest BCUT2D eigenvalue weighted by Crippen LogP contribution is -2.34. The Morgan fingerprint density at radius 1 is 1.17 bits per heavy atom. The Balaban J connectivity index is 0.000000177. The first-order chi connectivity index (χ1) is 13.8. The molecule has 1 saturated carbocycles. The van der Waals surface area contributed by atoms with Gasteiger partial charge in [0.1, 0.15) is 17.2 Å². The van der Waals surface area contributed by atoms with Gasteiger partial charge in [0.2, 0.25) is 0 Å². The first-order valence-corrected chi connectivity index (χ1v) is 9.13. The topological polar surface area (TPSA) is 69.8 Å². The van der Waals surface area contributed by atoms with Crippen LogP contribution in [-0.2, 0) is 19.3 Å². The lowest BCUT2D eigenvalue weighted by molar-refractivity contribution is -0.140. The largest absolute Gasteiger partial charge is 0.508 e. The number of aliphatic hydroxyl groups excluding tert-OH is 1. The number of aliphatic hydroxyl groups is 1. The number of phenols is 1. The number of nitrogens with zero attached hydrogens (tertiary/aromatic N) is 2. The molecular weight excluding hydrogens is 390 g/mol. The van der Waals surface area contributed by atoms with Crippen LogP contribution in [0.4, 0.5) is 17.6 Å². The van der Waals surface area contributed by atoms with Gasteiger partial charge in [-0.25, -0.2) is 9.37 Å². The Bertz CT molecular complexity index is 968. The van der Waals surface area contributed by atoms with Crippen LogP contribution < -0.4 is 5.32 Å². The van der Waals surface area contributed by atoms with E-state index in [1.807, 2.05) is 16.7 Å². The van der Waals surface area contributed by atoms with Crippen LogP contribution >= 0.6 is 0 Å². The van der Waals surface area contributed by atoms with E-state index in [9.17, 15) is 22.7 Å². The highest BCUT2D eigenvalue weighted by Gasteiger charge is 2.34. The highest BCUT2D eigenvalue weighted by Crippen LogP contribution is 2.33. The van der Waals surface area contributed by atoms with Gasteiger partial charge in [-0.2, -0.15) is 13.2 Å². The molecule has 156 valence electrons. The van der Waals surface area contributed by atoms with Crippen molar-refractivity contribution in [3.8, 4) is 5.75 Å². The van der Waals surface area contributed by atoms with Gasteiger partial charge in [0.25, 0.3) is 0 Å². The molecular formula is C20H21F4N3O2. The zero-order chi connectivity index (χ0) is 21.0. The first kappa shape index (κ1) is 21.1. The minimum Gasteiger partial charge on any atom is -0.508 e. The van der Waals surface area contributed by atoms with E-state index in [2.05, 4.69) is 16.4 Å². The summed E-state index contributed by atoms with van der Waals surface area (Å²) in [6, 6.07) is 6.46. The second-order valence-corrected chi connectivity index (χ2v) is 6.80. The van der Waals surface area contributed by atoms with E-state index in [0.29, 0.717) is 18.2 Å². The number of hydrogen-bond acceptors (Lipinski definition) is 4. The molecule has 0 saturated heterocycles. The molecule has 0 amide bonds. The summed E-state index contributed by atoms with van der Waals surface area (Å²) >= 11 is 0. The molecule has 0 radical (unpaired) electrons. The third-order valence-corrected chi connectivity index (χ3v) is 4.82. The summed E-state index contributed by atoms with van der Waals surface area (Å²) in [5.41, 5.74) is 1.56. The molecule has 2 heterocycles. The molecule has 1 aromatic carbocycles. The van der Waals surface area contributed by atoms with Crippen LogP contribution in [0.15, 0.2) is 42.7 Å². The maximum Gasteiger partial charge on any atom is 0.419 e. The summed E-state index contributed by atoms with van der Waals surface area (Å²) in [6.45, 7) is 0.903. The molecule has 3 aromatic rings. The SMILES string of the molecule is OCc1ccc(CNC2CCC2)c2nccn12.Oc1ccc(F)c(C(F)(F)F)c1. The van der Waals surface area contributed by atoms with Crippen LogP contribution in [-0.4, -0.2) is 25.6 Å². The van der Waals surface area contributed by atoms with E-state index < -0.39 is 23.3 Å². The van der Waals surface area contributed by atoms with Crippen molar-refractivity contribution in [3.05, 3.63) is 65.4 Å². The zero-order valence-electron chi connectivity index (χ0n) is 15.5. The Morgan fingerprint density at radius 2 is 1.93 bits per heavy atom. The molecule has 5 nitrogen and oxygen atoms in total. The maximum absolute atomic E-state index is 12.4. The summed E-state index contributed by atoms with van der Waals surface area (Å²) < 4.78 is 50.0. The number of fused-ring (bicyclic) bond motifs is 1. The minimum atomic E-state index is -4.76. The van der Waals surface area contributed by atoms with E-state index in [1.165, 1.54) is 24.8 Å². The number of aromatic hydroxyl groups is 1. The van der Waals surface area contributed by atoms with Gasteiger partial charge < -0.3 is 19.9 Å². The molecule has 0 unspecified atom stereocenters. The highest BCUT2D eigenvalue weighted by molar-refractivity contribution is 5.49. The van der Waals surface area contributed by atoms with Crippen LogP contribution in [0.25, 0.3) is 5.65 Å². The van der Waals surface area contributed by atoms with Crippen molar-refractivity contribution in [2.75, 3.05) is 0 Å². The second kappa shape index (κ2) is 8.79. The molecule has 0 aliphatic heterocycles. The molecule has 1 aliphatic rings. The third-order valence-electron chi connectivity index (χ3n) is 4.82. The van der Waals surface area contributed by atoms with Crippen molar-refractivity contribution in [1.29, 1.82) is 0 Å². The third kappa shape index (κ3) is 5.04.